The molecular formula is C26H29N5O3. The van der Waals surface area contributed by atoms with Crippen molar-refractivity contribution in [1.82, 2.24) is 10.2 Å². The van der Waals surface area contributed by atoms with Crippen molar-refractivity contribution < 1.29 is 14.3 Å². The van der Waals surface area contributed by atoms with Crippen LogP contribution in [0.5, 0.6) is 5.75 Å². The maximum Gasteiger partial charge on any atom is 0.262 e. The van der Waals surface area contributed by atoms with E-state index in [2.05, 4.69) is 32.7 Å². The third-order valence-electron chi connectivity index (χ3n) is 5.77. The maximum atomic E-state index is 12.2. The van der Waals surface area contributed by atoms with Gasteiger partial charge in [-0.2, -0.15) is 0 Å². The highest BCUT2D eigenvalue weighted by atomic mass is 16.5. The number of benzene rings is 2. The van der Waals surface area contributed by atoms with Gasteiger partial charge in [-0.1, -0.05) is 19.1 Å². The van der Waals surface area contributed by atoms with Crippen molar-refractivity contribution >= 4 is 29.0 Å². The van der Waals surface area contributed by atoms with Gasteiger partial charge in [-0.3, -0.25) is 9.59 Å². The first kappa shape index (κ1) is 23.2. The van der Waals surface area contributed by atoms with E-state index in [9.17, 15) is 9.59 Å². The molecule has 1 aliphatic heterocycles. The lowest BCUT2D eigenvalue weighted by Crippen LogP contribution is -2.33. The molecule has 1 saturated heterocycles. The average Bonchev–Trinajstić information content (AvgIpc) is 2.84. The summed E-state index contributed by atoms with van der Waals surface area (Å²) in [6, 6.07) is 18.3. The molecule has 1 aliphatic rings. The molecule has 4 rings (SSSR count). The van der Waals surface area contributed by atoms with Gasteiger partial charge in [0.05, 0.1) is 5.69 Å². The van der Waals surface area contributed by atoms with Gasteiger partial charge in [-0.25, -0.2) is 0 Å². The highest BCUT2D eigenvalue weighted by molar-refractivity contribution is 5.92. The average molecular weight is 460 g/mol. The van der Waals surface area contributed by atoms with Crippen molar-refractivity contribution in [3.8, 4) is 17.0 Å². The first-order chi connectivity index (χ1) is 16.5. The van der Waals surface area contributed by atoms with E-state index < -0.39 is 0 Å². The van der Waals surface area contributed by atoms with E-state index in [-0.39, 0.29) is 18.4 Å². The molecular weight excluding hydrogens is 430 g/mol. The number of nitrogens with one attached hydrogen (secondary N) is 2. The second-order valence-corrected chi connectivity index (χ2v) is 8.57. The molecule has 0 bridgehead atoms. The number of nitrogens with zero attached hydrogens (tertiary/aromatic N) is 3. The predicted molar refractivity (Wildman–Crippen MR) is 133 cm³/mol. The normalized spacial score (nSPS) is 13.9. The Balaban J connectivity index is 1.27. The molecule has 0 radical (unpaired) electrons. The minimum absolute atomic E-state index is 0.122. The Morgan fingerprint density at radius 2 is 1.56 bits per heavy atom. The number of hydrogen-bond acceptors (Lipinski definition) is 6. The van der Waals surface area contributed by atoms with Crippen LogP contribution in [-0.2, 0) is 9.59 Å². The van der Waals surface area contributed by atoms with E-state index >= 15 is 0 Å². The zero-order valence-corrected chi connectivity index (χ0v) is 19.5. The van der Waals surface area contributed by atoms with Gasteiger partial charge in [0.2, 0.25) is 5.91 Å². The molecule has 0 aliphatic carbocycles. The fourth-order valence-corrected chi connectivity index (χ4v) is 3.79. The highest BCUT2D eigenvalue weighted by Gasteiger charge is 2.17. The first-order valence-corrected chi connectivity index (χ1v) is 11.5. The van der Waals surface area contributed by atoms with Gasteiger partial charge in [-0.15, -0.1) is 10.2 Å². The summed E-state index contributed by atoms with van der Waals surface area (Å²) in [5.74, 6) is 1.83. The molecule has 0 atom stereocenters. The van der Waals surface area contributed by atoms with Crippen LogP contribution in [0.4, 0.5) is 17.2 Å². The van der Waals surface area contributed by atoms with E-state index in [0.717, 1.165) is 36.1 Å². The van der Waals surface area contributed by atoms with Gasteiger partial charge in [0.15, 0.2) is 12.4 Å². The molecule has 3 aromatic rings. The Hall–Kier alpha value is -3.94. The number of anilines is 3. The second kappa shape index (κ2) is 10.8. The quantitative estimate of drug-likeness (QED) is 0.545. The number of carbonyl (C=O) groups excluding carboxylic acids is 2. The lowest BCUT2D eigenvalue weighted by Gasteiger charge is -2.30. The molecule has 2 N–H and O–H groups in total. The van der Waals surface area contributed by atoms with Crippen molar-refractivity contribution in [2.45, 2.75) is 26.7 Å². The summed E-state index contributed by atoms with van der Waals surface area (Å²) in [6.07, 6.45) is 2.37. The van der Waals surface area contributed by atoms with Crippen LogP contribution in [-0.4, -0.2) is 41.7 Å². The van der Waals surface area contributed by atoms with Crippen molar-refractivity contribution in [2.75, 3.05) is 35.2 Å². The lowest BCUT2D eigenvalue weighted by molar-refractivity contribution is -0.118. The van der Waals surface area contributed by atoms with Gasteiger partial charge in [0.1, 0.15) is 5.75 Å². The Bertz CT molecular complexity index is 1110. The van der Waals surface area contributed by atoms with E-state index in [1.54, 1.807) is 24.3 Å². The molecule has 2 aromatic carbocycles. The first-order valence-electron chi connectivity index (χ1n) is 11.5. The summed E-state index contributed by atoms with van der Waals surface area (Å²) in [4.78, 5) is 25.6. The molecule has 2 amide bonds. The van der Waals surface area contributed by atoms with Crippen LogP contribution in [0.2, 0.25) is 0 Å². The molecule has 0 unspecified atom stereocenters. The Kier molecular flexibility index (Phi) is 7.37. The molecule has 34 heavy (non-hydrogen) atoms. The van der Waals surface area contributed by atoms with Gasteiger partial charge in [-0.05, 0) is 67.3 Å². The van der Waals surface area contributed by atoms with E-state index in [0.29, 0.717) is 17.1 Å². The number of piperidine rings is 1. The van der Waals surface area contributed by atoms with Crippen LogP contribution in [0, 0.1) is 5.92 Å². The second-order valence-electron chi connectivity index (χ2n) is 8.57. The smallest absolute Gasteiger partial charge is 0.262 e. The zero-order chi connectivity index (χ0) is 23.9. The van der Waals surface area contributed by atoms with Crippen molar-refractivity contribution in [3.63, 3.8) is 0 Å². The summed E-state index contributed by atoms with van der Waals surface area (Å²) in [7, 11) is 0. The number of hydrogen-bond donors (Lipinski definition) is 2. The Morgan fingerprint density at radius 3 is 2.18 bits per heavy atom. The standard InChI is InChI=1S/C26H29N5O3/c1-18-13-15-31(16-14-18)25-12-11-24(29-30-25)20-3-5-22(6-4-20)28-26(33)17-34-23-9-7-21(8-10-23)27-19(2)32/h3-12,18H,13-17H2,1-2H3,(H,27,32)(H,28,33). The number of carbonyl (C=O) groups is 2. The minimum atomic E-state index is -0.265. The molecule has 0 spiro atoms. The lowest BCUT2D eigenvalue weighted by atomic mass is 9.99. The zero-order valence-electron chi connectivity index (χ0n) is 19.5. The van der Waals surface area contributed by atoms with Gasteiger partial charge in [0.25, 0.3) is 5.91 Å². The molecule has 8 heteroatoms. The SMILES string of the molecule is CC(=O)Nc1ccc(OCC(=O)Nc2ccc(-c3ccc(N4CCC(C)CC4)nn3)cc2)cc1. The van der Waals surface area contributed by atoms with Crippen LogP contribution in [0.1, 0.15) is 26.7 Å². The topological polar surface area (TPSA) is 96.4 Å². The molecule has 0 saturated carbocycles. The summed E-state index contributed by atoms with van der Waals surface area (Å²) in [6.45, 7) is 5.66. The van der Waals surface area contributed by atoms with E-state index in [4.69, 9.17) is 4.74 Å². The summed E-state index contributed by atoms with van der Waals surface area (Å²) in [5.41, 5.74) is 3.06. The van der Waals surface area contributed by atoms with Gasteiger partial charge < -0.3 is 20.3 Å². The number of aromatic nitrogens is 2. The molecule has 1 fully saturated rings. The van der Waals surface area contributed by atoms with E-state index in [1.807, 2.05) is 36.4 Å². The predicted octanol–water partition coefficient (Wildman–Crippen LogP) is 4.36. The molecule has 176 valence electrons. The van der Waals surface area contributed by atoms with E-state index in [1.165, 1.54) is 19.8 Å². The molecule has 2 heterocycles. The number of amides is 2. The summed E-state index contributed by atoms with van der Waals surface area (Å²) >= 11 is 0. The summed E-state index contributed by atoms with van der Waals surface area (Å²) in [5, 5.41) is 14.3. The minimum Gasteiger partial charge on any atom is -0.484 e. The highest BCUT2D eigenvalue weighted by Crippen LogP contribution is 2.24. The Morgan fingerprint density at radius 1 is 0.912 bits per heavy atom. The van der Waals surface area contributed by atoms with Crippen molar-refractivity contribution in [3.05, 3.63) is 60.7 Å². The summed E-state index contributed by atoms with van der Waals surface area (Å²) < 4.78 is 5.51. The number of rotatable bonds is 7. The van der Waals surface area contributed by atoms with Gasteiger partial charge in [0, 0.05) is 37.0 Å². The van der Waals surface area contributed by atoms with Crippen molar-refractivity contribution in [2.24, 2.45) is 5.92 Å². The molecule has 1 aromatic heterocycles. The van der Waals surface area contributed by atoms with Crippen LogP contribution < -0.4 is 20.3 Å². The van der Waals surface area contributed by atoms with Crippen LogP contribution in [0.3, 0.4) is 0 Å². The van der Waals surface area contributed by atoms with Crippen LogP contribution >= 0.6 is 0 Å². The monoisotopic (exact) mass is 459 g/mol. The van der Waals surface area contributed by atoms with Crippen LogP contribution in [0.25, 0.3) is 11.3 Å². The largest absolute Gasteiger partial charge is 0.484 e. The molecule has 8 nitrogen and oxygen atoms in total. The van der Waals surface area contributed by atoms with Crippen molar-refractivity contribution in [1.29, 1.82) is 0 Å². The third-order valence-corrected chi connectivity index (χ3v) is 5.77. The number of ether oxygens (including phenoxy) is 1. The maximum absolute atomic E-state index is 12.2. The third kappa shape index (κ3) is 6.31. The fraction of sp³-hybridized carbons (Fsp3) is 0.308. The van der Waals surface area contributed by atoms with Crippen LogP contribution in [0.15, 0.2) is 60.7 Å². The van der Waals surface area contributed by atoms with Gasteiger partial charge >= 0.3 is 0 Å². The fourth-order valence-electron chi connectivity index (χ4n) is 3.79. The Labute approximate surface area is 199 Å².